The van der Waals surface area contributed by atoms with E-state index in [1.54, 1.807) is 19.1 Å². The minimum Gasteiger partial charge on any atom is -0.507 e. The molecule has 198 valence electrons. The molecule has 1 aromatic carbocycles. The third-order valence-corrected chi connectivity index (χ3v) is 6.75. The van der Waals surface area contributed by atoms with Gasteiger partial charge in [0, 0.05) is 16.7 Å². The number of aryl methyl sites for hydroxylation is 1. The molecule has 2 amide bonds. The number of carbonyl (C=O) groups is 2. The van der Waals surface area contributed by atoms with Crippen molar-refractivity contribution in [3.8, 4) is 5.75 Å². The number of phenolic OH excluding ortho intramolecular Hbond substituents is 1. The third-order valence-electron chi connectivity index (χ3n) is 6.75. The Kier molecular flexibility index (Phi) is 10.4. The third kappa shape index (κ3) is 7.71. The van der Waals surface area contributed by atoms with Gasteiger partial charge in [-0.1, -0.05) is 71.3 Å². The quantitative estimate of drug-likeness (QED) is 0.291. The number of phenols is 1. The van der Waals surface area contributed by atoms with Crippen molar-refractivity contribution in [1.29, 1.82) is 0 Å². The summed E-state index contributed by atoms with van der Waals surface area (Å²) in [6, 6.07) is 3.11. The summed E-state index contributed by atoms with van der Waals surface area (Å²) < 4.78 is 0. The fourth-order valence-corrected chi connectivity index (χ4v) is 4.88. The summed E-state index contributed by atoms with van der Waals surface area (Å²) in [5.41, 5.74) is 5.70. The van der Waals surface area contributed by atoms with E-state index < -0.39 is 13.0 Å². The van der Waals surface area contributed by atoms with Crippen LogP contribution in [0.4, 0.5) is 0 Å². The topological polar surface area (TPSA) is 110 Å². The molecule has 0 aromatic heterocycles. The standard InChI is InChI=1S/C28H43BN2O5/c1-8-10-24(28(5,6)7)31(27(34)22-16-18(2)15-19(3)17-22)30-26(33)23-13-12-21(25(32)20(23)4)11-9-14-29(35)36/h12-13,15-16,19,24,32,35-36H,8-11,14,17H2,1-7H3,(H,30,33)/t19?,24-/m1/s1. The molecule has 1 aliphatic carbocycles. The fourth-order valence-electron chi connectivity index (χ4n) is 4.88. The molecule has 1 aliphatic rings. The summed E-state index contributed by atoms with van der Waals surface area (Å²) in [7, 11) is -1.39. The Balaban J connectivity index is 2.39. The summed E-state index contributed by atoms with van der Waals surface area (Å²) in [5.74, 6) is -0.393. The lowest BCUT2D eigenvalue weighted by Crippen LogP contribution is -2.56. The lowest BCUT2D eigenvalue weighted by Gasteiger charge is -2.41. The summed E-state index contributed by atoms with van der Waals surface area (Å²) >= 11 is 0. The molecule has 0 saturated carbocycles. The van der Waals surface area contributed by atoms with Gasteiger partial charge in [-0.3, -0.25) is 15.0 Å². The zero-order valence-electron chi connectivity index (χ0n) is 22.9. The number of amides is 2. The van der Waals surface area contributed by atoms with Crippen molar-refractivity contribution in [3.63, 3.8) is 0 Å². The number of aromatic hydroxyl groups is 1. The van der Waals surface area contributed by atoms with Gasteiger partial charge in [0.15, 0.2) is 0 Å². The van der Waals surface area contributed by atoms with Crippen molar-refractivity contribution in [1.82, 2.24) is 10.4 Å². The van der Waals surface area contributed by atoms with Gasteiger partial charge in [0.05, 0.1) is 6.04 Å². The van der Waals surface area contributed by atoms with Crippen LogP contribution in [-0.4, -0.2) is 45.1 Å². The van der Waals surface area contributed by atoms with E-state index in [4.69, 9.17) is 10.0 Å². The van der Waals surface area contributed by atoms with Gasteiger partial charge < -0.3 is 15.2 Å². The van der Waals surface area contributed by atoms with Gasteiger partial charge in [0.25, 0.3) is 11.8 Å². The predicted octanol–water partition coefficient (Wildman–Crippen LogP) is 4.71. The largest absolute Gasteiger partial charge is 0.507 e. The van der Waals surface area contributed by atoms with Crippen molar-refractivity contribution < 1.29 is 24.7 Å². The maximum absolute atomic E-state index is 13.8. The van der Waals surface area contributed by atoms with Crippen LogP contribution < -0.4 is 5.43 Å². The van der Waals surface area contributed by atoms with Crippen LogP contribution in [0.25, 0.3) is 0 Å². The van der Waals surface area contributed by atoms with E-state index in [0.29, 0.717) is 41.5 Å². The Labute approximate surface area is 216 Å². The molecular weight excluding hydrogens is 455 g/mol. The van der Waals surface area contributed by atoms with Crippen LogP contribution in [0.1, 0.15) is 88.7 Å². The molecule has 7 nitrogen and oxygen atoms in total. The van der Waals surface area contributed by atoms with Crippen molar-refractivity contribution in [2.75, 3.05) is 0 Å². The predicted molar refractivity (Wildman–Crippen MR) is 144 cm³/mol. The van der Waals surface area contributed by atoms with Crippen LogP contribution in [-0.2, 0) is 11.2 Å². The summed E-state index contributed by atoms with van der Waals surface area (Å²) in [6.45, 7) is 14.0. The minimum atomic E-state index is -1.39. The second-order valence-electron chi connectivity index (χ2n) is 11.2. The minimum absolute atomic E-state index is 0.0125. The molecule has 0 bridgehead atoms. The molecule has 0 spiro atoms. The Bertz CT molecular complexity index is 1010. The Hall–Kier alpha value is -2.58. The van der Waals surface area contributed by atoms with Crippen LogP contribution in [0, 0.1) is 18.3 Å². The maximum Gasteiger partial charge on any atom is 0.451 e. The van der Waals surface area contributed by atoms with E-state index in [-0.39, 0.29) is 35.4 Å². The zero-order chi connectivity index (χ0) is 27.2. The zero-order valence-corrected chi connectivity index (χ0v) is 22.9. The van der Waals surface area contributed by atoms with Crippen molar-refractivity contribution >= 4 is 18.9 Å². The van der Waals surface area contributed by atoms with E-state index in [0.717, 1.165) is 18.4 Å². The summed E-state index contributed by atoms with van der Waals surface area (Å²) in [4.78, 5) is 27.3. The van der Waals surface area contributed by atoms with E-state index in [1.165, 1.54) is 5.01 Å². The highest BCUT2D eigenvalue weighted by Crippen LogP contribution is 2.32. The molecule has 4 N–H and O–H groups in total. The Morgan fingerprint density at radius 3 is 2.44 bits per heavy atom. The van der Waals surface area contributed by atoms with Gasteiger partial charge >= 0.3 is 7.12 Å². The molecule has 36 heavy (non-hydrogen) atoms. The fraction of sp³-hybridized carbons (Fsp3) is 0.571. The highest BCUT2D eigenvalue weighted by atomic mass is 16.4. The van der Waals surface area contributed by atoms with Crippen LogP contribution in [0.5, 0.6) is 5.75 Å². The van der Waals surface area contributed by atoms with E-state index >= 15 is 0 Å². The first kappa shape index (κ1) is 29.7. The Morgan fingerprint density at radius 1 is 1.22 bits per heavy atom. The lowest BCUT2D eigenvalue weighted by molar-refractivity contribution is -0.135. The molecular formula is C28H43BN2O5. The molecule has 2 rings (SSSR count). The average molecular weight is 498 g/mol. The van der Waals surface area contributed by atoms with Gasteiger partial charge in [-0.05, 0) is 62.4 Å². The van der Waals surface area contributed by atoms with Crippen LogP contribution in [0.15, 0.2) is 35.4 Å². The number of allylic oxidation sites excluding steroid dienone is 3. The van der Waals surface area contributed by atoms with E-state index in [9.17, 15) is 14.7 Å². The normalized spacial score (nSPS) is 16.6. The summed E-state index contributed by atoms with van der Waals surface area (Å²) in [5, 5.41) is 30.4. The van der Waals surface area contributed by atoms with Gasteiger partial charge in [0.1, 0.15) is 5.75 Å². The molecule has 1 unspecified atom stereocenters. The van der Waals surface area contributed by atoms with Crippen LogP contribution in [0.3, 0.4) is 0 Å². The van der Waals surface area contributed by atoms with E-state index in [1.807, 2.05) is 13.0 Å². The first-order valence-electron chi connectivity index (χ1n) is 13.0. The first-order valence-corrected chi connectivity index (χ1v) is 13.0. The number of hydrazine groups is 1. The molecule has 1 aromatic rings. The smallest absolute Gasteiger partial charge is 0.451 e. The highest BCUT2D eigenvalue weighted by Gasteiger charge is 2.36. The van der Waals surface area contributed by atoms with Gasteiger partial charge in [-0.15, -0.1) is 0 Å². The molecule has 0 fully saturated rings. The van der Waals surface area contributed by atoms with E-state index in [2.05, 4.69) is 46.1 Å². The number of nitrogens with one attached hydrogen (secondary N) is 1. The number of benzene rings is 1. The highest BCUT2D eigenvalue weighted by molar-refractivity contribution is 6.40. The summed E-state index contributed by atoms with van der Waals surface area (Å²) in [6.07, 6.45) is 7.39. The number of rotatable bonds is 9. The first-order chi connectivity index (χ1) is 16.8. The maximum atomic E-state index is 13.8. The monoisotopic (exact) mass is 498 g/mol. The second kappa shape index (κ2) is 12.6. The van der Waals surface area contributed by atoms with Gasteiger partial charge in [-0.25, -0.2) is 5.01 Å². The number of hydrogen-bond acceptors (Lipinski definition) is 5. The average Bonchev–Trinajstić information content (AvgIpc) is 2.76. The molecule has 0 aliphatic heterocycles. The van der Waals surface area contributed by atoms with Crippen molar-refractivity contribution in [2.24, 2.45) is 11.3 Å². The SMILES string of the molecule is CCC[C@@H](N(NC(=O)c1ccc(CCCB(O)O)c(O)c1C)C(=O)C1=CC(C)=CC(C)C1)C(C)(C)C. The van der Waals surface area contributed by atoms with Crippen LogP contribution in [0.2, 0.25) is 6.32 Å². The van der Waals surface area contributed by atoms with Crippen LogP contribution >= 0.6 is 0 Å². The number of carbonyl (C=O) groups excluding carboxylic acids is 2. The van der Waals surface area contributed by atoms with Crippen molar-refractivity contribution in [2.45, 2.75) is 92.9 Å². The lowest BCUT2D eigenvalue weighted by atomic mass is 9.82. The number of nitrogens with zero attached hydrogens (tertiary/aromatic N) is 1. The second-order valence-corrected chi connectivity index (χ2v) is 11.2. The Morgan fingerprint density at radius 2 is 1.89 bits per heavy atom. The molecule has 2 atom stereocenters. The molecule has 0 radical (unpaired) electrons. The van der Waals surface area contributed by atoms with Crippen molar-refractivity contribution in [3.05, 3.63) is 52.1 Å². The number of hydrogen-bond donors (Lipinski definition) is 4. The van der Waals surface area contributed by atoms with Gasteiger partial charge in [0.2, 0.25) is 0 Å². The molecule has 8 heteroatoms. The van der Waals surface area contributed by atoms with Gasteiger partial charge in [-0.2, -0.15) is 0 Å². The molecule has 0 saturated heterocycles. The molecule has 0 heterocycles.